The predicted octanol–water partition coefficient (Wildman–Crippen LogP) is 3.12. The number of aromatic nitrogens is 1. The average Bonchev–Trinajstić information content (AvgIpc) is 2.39. The van der Waals surface area contributed by atoms with Crippen LogP contribution in [0.5, 0.6) is 5.75 Å². The number of ether oxygens (including phenoxy) is 1. The van der Waals surface area contributed by atoms with Crippen molar-refractivity contribution >= 4 is 11.6 Å². The minimum atomic E-state index is -0.286. The maximum absolute atomic E-state index is 6.13. The van der Waals surface area contributed by atoms with Crippen LogP contribution in [0.1, 0.15) is 17.4 Å². The lowest BCUT2D eigenvalue weighted by Crippen LogP contribution is -2.19. The van der Waals surface area contributed by atoms with Crippen LogP contribution in [-0.2, 0) is 0 Å². The second kappa shape index (κ2) is 5.85. The monoisotopic (exact) mass is 262 g/mol. The molecule has 0 radical (unpaired) electrons. The van der Waals surface area contributed by atoms with E-state index in [2.05, 4.69) is 4.98 Å². The molecule has 1 aromatic heterocycles. The molecule has 0 aliphatic heterocycles. The highest BCUT2D eigenvalue weighted by atomic mass is 35.5. The van der Waals surface area contributed by atoms with E-state index in [-0.39, 0.29) is 6.10 Å². The number of nitrogens with two attached hydrogens (primary N) is 1. The largest absolute Gasteiger partial charge is 0.481 e. The summed E-state index contributed by atoms with van der Waals surface area (Å²) >= 11 is 6.13. The molecule has 4 heteroatoms. The Kier molecular flexibility index (Phi) is 4.18. The molecule has 0 saturated carbocycles. The molecule has 3 nitrogen and oxygen atoms in total. The summed E-state index contributed by atoms with van der Waals surface area (Å²) in [5.74, 6) is 0.628. The minimum Gasteiger partial charge on any atom is -0.481 e. The van der Waals surface area contributed by atoms with Gasteiger partial charge in [0.05, 0.1) is 10.7 Å². The van der Waals surface area contributed by atoms with Crippen molar-refractivity contribution in [1.29, 1.82) is 0 Å². The van der Waals surface area contributed by atoms with Crippen LogP contribution >= 0.6 is 11.6 Å². The fourth-order valence-electron chi connectivity index (χ4n) is 1.65. The summed E-state index contributed by atoms with van der Waals surface area (Å²) in [7, 11) is 0. The molecule has 94 valence electrons. The summed E-state index contributed by atoms with van der Waals surface area (Å²) in [6, 6.07) is 11.3. The predicted molar refractivity (Wildman–Crippen MR) is 72.8 cm³/mol. The third-order valence-electron chi connectivity index (χ3n) is 2.59. The first-order valence-corrected chi connectivity index (χ1v) is 6.12. The summed E-state index contributed by atoms with van der Waals surface area (Å²) in [6.45, 7) is 2.33. The lowest BCUT2D eigenvalue weighted by atomic mass is 10.2. The summed E-state index contributed by atoms with van der Waals surface area (Å²) in [5, 5.41) is 0.587. The molecule has 0 saturated heterocycles. The molecule has 1 heterocycles. The second-order valence-corrected chi connectivity index (χ2v) is 4.44. The molecule has 2 rings (SSSR count). The highest BCUT2D eigenvalue weighted by molar-refractivity contribution is 6.32. The van der Waals surface area contributed by atoms with Crippen LogP contribution < -0.4 is 10.5 Å². The van der Waals surface area contributed by atoms with Crippen LogP contribution in [0, 0.1) is 6.92 Å². The Bertz CT molecular complexity index is 516. The van der Waals surface area contributed by atoms with E-state index in [4.69, 9.17) is 22.1 Å². The van der Waals surface area contributed by atoms with E-state index >= 15 is 0 Å². The maximum Gasteiger partial charge on any atom is 0.153 e. The molecule has 1 atom stereocenters. The molecule has 1 aromatic carbocycles. The zero-order valence-corrected chi connectivity index (χ0v) is 10.9. The van der Waals surface area contributed by atoms with Gasteiger partial charge in [-0.1, -0.05) is 23.7 Å². The van der Waals surface area contributed by atoms with Gasteiger partial charge < -0.3 is 10.5 Å². The van der Waals surface area contributed by atoms with E-state index in [1.807, 2.05) is 43.3 Å². The Balaban J connectivity index is 2.21. The standard InChI is InChI=1S/C14H15ClN2O/c1-10-5-6-13(11(15)8-10)18-14(9-16)12-4-2-3-7-17-12/h2-8,14H,9,16H2,1H3. The molecular weight excluding hydrogens is 248 g/mol. The smallest absolute Gasteiger partial charge is 0.153 e. The number of halogens is 1. The van der Waals surface area contributed by atoms with Gasteiger partial charge in [-0.25, -0.2) is 0 Å². The second-order valence-electron chi connectivity index (χ2n) is 4.03. The number of pyridine rings is 1. The third kappa shape index (κ3) is 3.00. The number of aryl methyl sites for hydroxylation is 1. The summed E-state index contributed by atoms with van der Waals surface area (Å²) < 4.78 is 5.82. The first kappa shape index (κ1) is 12.9. The third-order valence-corrected chi connectivity index (χ3v) is 2.88. The van der Waals surface area contributed by atoms with Crippen LogP contribution in [0.15, 0.2) is 42.6 Å². The molecule has 2 N–H and O–H groups in total. The SMILES string of the molecule is Cc1ccc(OC(CN)c2ccccn2)c(Cl)c1. The number of nitrogens with zero attached hydrogens (tertiary/aromatic N) is 1. The van der Waals surface area contributed by atoms with Crippen molar-refractivity contribution in [3.63, 3.8) is 0 Å². The Hall–Kier alpha value is -1.58. The highest BCUT2D eigenvalue weighted by Gasteiger charge is 2.14. The van der Waals surface area contributed by atoms with Crippen LogP contribution in [0.25, 0.3) is 0 Å². The number of benzene rings is 1. The van der Waals surface area contributed by atoms with Crippen molar-refractivity contribution < 1.29 is 4.74 Å². The van der Waals surface area contributed by atoms with Crippen molar-refractivity contribution in [2.45, 2.75) is 13.0 Å². The van der Waals surface area contributed by atoms with Gasteiger partial charge in [-0.2, -0.15) is 0 Å². The van der Waals surface area contributed by atoms with Crippen LogP contribution in [0.2, 0.25) is 5.02 Å². The molecule has 18 heavy (non-hydrogen) atoms. The van der Waals surface area contributed by atoms with Crippen molar-refractivity contribution in [3.05, 3.63) is 58.9 Å². The fourth-order valence-corrected chi connectivity index (χ4v) is 1.93. The Morgan fingerprint density at radius 3 is 2.78 bits per heavy atom. The first-order chi connectivity index (χ1) is 8.70. The first-order valence-electron chi connectivity index (χ1n) is 5.74. The summed E-state index contributed by atoms with van der Waals surface area (Å²) in [4.78, 5) is 4.25. The maximum atomic E-state index is 6.13. The number of hydrogen-bond acceptors (Lipinski definition) is 3. The molecule has 0 spiro atoms. The van der Waals surface area contributed by atoms with Gasteiger partial charge in [-0.15, -0.1) is 0 Å². The minimum absolute atomic E-state index is 0.286. The fraction of sp³-hybridized carbons (Fsp3) is 0.214. The van der Waals surface area contributed by atoms with Gasteiger partial charge in [0.1, 0.15) is 5.75 Å². The molecule has 0 aliphatic carbocycles. The van der Waals surface area contributed by atoms with Crippen molar-refractivity contribution in [3.8, 4) is 5.75 Å². The Morgan fingerprint density at radius 2 is 2.17 bits per heavy atom. The Morgan fingerprint density at radius 1 is 1.33 bits per heavy atom. The molecular formula is C14H15ClN2O. The molecule has 0 amide bonds. The summed E-state index contributed by atoms with van der Waals surface area (Å²) in [6.07, 6.45) is 1.43. The van der Waals surface area contributed by atoms with E-state index in [9.17, 15) is 0 Å². The van der Waals surface area contributed by atoms with E-state index in [1.54, 1.807) is 6.20 Å². The lowest BCUT2D eigenvalue weighted by molar-refractivity contribution is 0.209. The normalized spacial score (nSPS) is 12.2. The zero-order valence-electron chi connectivity index (χ0n) is 10.1. The van der Waals surface area contributed by atoms with E-state index in [0.717, 1.165) is 11.3 Å². The van der Waals surface area contributed by atoms with E-state index in [1.165, 1.54) is 0 Å². The summed E-state index contributed by atoms with van der Waals surface area (Å²) in [5.41, 5.74) is 7.62. The molecule has 0 aliphatic rings. The molecule has 2 aromatic rings. The van der Waals surface area contributed by atoms with Crippen LogP contribution in [-0.4, -0.2) is 11.5 Å². The Labute approximate surface area is 112 Å². The van der Waals surface area contributed by atoms with Crippen molar-refractivity contribution in [2.24, 2.45) is 5.73 Å². The quantitative estimate of drug-likeness (QED) is 0.921. The van der Waals surface area contributed by atoms with Gasteiger partial charge in [0.15, 0.2) is 6.10 Å². The average molecular weight is 263 g/mol. The van der Waals surface area contributed by atoms with Gasteiger partial charge in [0, 0.05) is 12.7 Å². The number of rotatable bonds is 4. The van der Waals surface area contributed by atoms with Gasteiger partial charge >= 0.3 is 0 Å². The van der Waals surface area contributed by atoms with Gasteiger partial charge in [0.2, 0.25) is 0 Å². The highest BCUT2D eigenvalue weighted by Crippen LogP contribution is 2.29. The van der Waals surface area contributed by atoms with E-state index < -0.39 is 0 Å². The zero-order chi connectivity index (χ0) is 13.0. The lowest BCUT2D eigenvalue weighted by Gasteiger charge is -2.17. The molecule has 1 unspecified atom stereocenters. The van der Waals surface area contributed by atoms with Crippen LogP contribution in [0.4, 0.5) is 0 Å². The van der Waals surface area contributed by atoms with Crippen LogP contribution in [0.3, 0.4) is 0 Å². The number of hydrogen-bond donors (Lipinski definition) is 1. The topological polar surface area (TPSA) is 48.1 Å². The van der Waals surface area contributed by atoms with Crippen molar-refractivity contribution in [1.82, 2.24) is 4.98 Å². The van der Waals surface area contributed by atoms with Gasteiger partial charge in [0.25, 0.3) is 0 Å². The van der Waals surface area contributed by atoms with E-state index in [0.29, 0.717) is 17.3 Å². The molecule has 0 fully saturated rings. The molecule has 0 bridgehead atoms. The van der Waals surface area contributed by atoms with Crippen molar-refractivity contribution in [2.75, 3.05) is 6.54 Å². The van der Waals surface area contributed by atoms with Gasteiger partial charge in [-0.05, 0) is 36.8 Å². The van der Waals surface area contributed by atoms with Gasteiger partial charge in [-0.3, -0.25) is 4.98 Å².